The molecule has 9 heavy (non-hydrogen) atoms. The molecule has 0 aromatic carbocycles. The highest BCUT2D eigenvalue weighted by molar-refractivity contribution is 5.82. The summed E-state index contributed by atoms with van der Waals surface area (Å²) in [5, 5.41) is 3.36. The number of nitrogens with zero attached hydrogens (tertiary/aromatic N) is 1. The molecule has 52 valence electrons. The zero-order valence-corrected chi connectivity index (χ0v) is 6.15. The minimum Gasteiger partial charge on any atom is -0.312 e. The smallest absolute Gasteiger partial charge is 0.0513 e. The van der Waals surface area contributed by atoms with Crippen LogP contribution in [0.4, 0.5) is 0 Å². The van der Waals surface area contributed by atoms with Gasteiger partial charge in [0.15, 0.2) is 0 Å². The molecule has 0 saturated carbocycles. The van der Waals surface area contributed by atoms with Crippen molar-refractivity contribution in [1.29, 1.82) is 0 Å². The first-order chi connectivity index (χ1) is 4.29. The minimum atomic E-state index is 0.622. The first-order valence-electron chi connectivity index (χ1n) is 3.52. The quantitative estimate of drug-likeness (QED) is 0.511. The van der Waals surface area contributed by atoms with Gasteiger partial charge in [0, 0.05) is 24.7 Å². The summed E-state index contributed by atoms with van der Waals surface area (Å²) in [5.41, 5.74) is 1.28. The number of hydrogen-bond donors (Lipinski definition) is 1. The molecule has 0 aliphatic carbocycles. The van der Waals surface area contributed by atoms with Crippen LogP contribution in [0.25, 0.3) is 0 Å². The van der Waals surface area contributed by atoms with Crippen LogP contribution >= 0.6 is 0 Å². The van der Waals surface area contributed by atoms with E-state index in [-0.39, 0.29) is 0 Å². The Hall–Kier alpha value is -0.370. The number of aliphatic imine (C=N–C) groups is 1. The Balaban J connectivity index is 2.44. The van der Waals surface area contributed by atoms with Crippen LogP contribution in [0.2, 0.25) is 0 Å². The van der Waals surface area contributed by atoms with E-state index < -0.39 is 0 Å². The lowest BCUT2D eigenvalue weighted by molar-refractivity contribution is 0.586. The topological polar surface area (TPSA) is 24.4 Å². The fraction of sp³-hybridized carbons (Fsp3) is 0.857. The van der Waals surface area contributed by atoms with E-state index in [1.54, 1.807) is 0 Å². The van der Waals surface area contributed by atoms with Gasteiger partial charge in [-0.15, -0.1) is 0 Å². The zero-order valence-electron chi connectivity index (χ0n) is 6.15. The lowest BCUT2D eigenvalue weighted by Gasteiger charge is -2.07. The van der Waals surface area contributed by atoms with Gasteiger partial charge in [-0.3, -0.25) is 4.99 Å². The van der Waals surface area contributed by atoms with Crippen LogP contribution in [0.1, 0.15) is 20.3 Å². The van der Waals surface area contributed by atoms with Gasteiger partial charge >= 0.3 is 0 Å². The molecule has 0 bridgehead atoms. The second kappa shape index (κ2) is 2.97. The monoisotopic (exact) mass is 126 g/mol. The lowest BCUT2D eigenvalue weighted by Crippen LogP contribution is -2.27. The Morgan fingerprint density at radius 3 is 3.22 bits per heavy atom. The average molecular weight is 126 g/mol. The van der Waals surface area contributed by atoms with E-state index in [0.29, 0.717) is 6.04 Å². The van der Waals surface area contributed by atoms with Gasteiger partial charge in [0.1, 0.15) is 0 Å². The van der Waals surface area contributed by atoms with E-state index in [1.165, 1.54) is 5.71 Å². The fourth-order valence-corrected chi connectivity index (χ4v) is 1.14. The molecule has 1 aliphatic rings. The van der Waals surface area contributed by atoms with Gasteiger partial charge < -0.3 is 5.32 Å². The third-order valence-corrected chi connectivity index (χ3v) is 1.59. The highest BCUT2D eigenvalue weighted by Crippen LogP contribution is 1.96. The molecule has 2 heteroatoms. The third-order valence-electron chi connectivity index (χ3n) is 1.59. The standard InChI is InChI=1S/C7H14N2/c1-6-5-7(2)9-4-3-8-6/h6,8H,3-5H2,1-2H3/t6-/m0/s1. The molecule has 0 amide bonds. The van der Waals surface area contributed by atoms with Crippen LogP contribution < -0.4 is 5.32 Å². The van der Waals surface area contributed by atoms with Crippen molar-refractivity contribution in [1.82, 2.24) is 5.32 Å². The molecule has 1 aliphatic heterocycles. The first kappa shape index (κ1) is 6.75. The largest absolute Gasteiger partial charge is 0.312 e. The number of rotatable bonds is 0. The maximum absolute atomic E-state index is 4.33. The molecule has 1 atom stereocenters. The summed E-state index contributed by atoms with van der Waals surface area (Å²) < 4.78 is 0. The van der Waals surface area contributed by atoms with Gasteiger partial charge in [-0.2, -0.15) is 0 Å². The van der Waals surface area contributed by atoms with E-state index in [1.807, 2.05) is 0 Å². The molecular formula is C7H14N2. The molecule has 0 aromatic heterocycles. The fourth-order valence-electron chi connectivity index (χ4n) is 1.14. The van der Waals surface area contributed by atoms with Crippen molar-refractivity contribution in [2.45, 2.75) is 26.3 Å². The third kappa shape index (κ3) is 2.14. The van der Waals surface area contributed by atoms with Crippen molar-refractivity contribution in [3.05, 3.63) is 0 Å². The summed E-state index contributed by atoms with van der Waals surface area (Å²) >= 11 is 0. The molecule has 0 fully saturated rings. The molecule has 2 nitrogen and oxygen atoms in total. The SMILES string of the molecule is CC1=NCCN[C@@H](C)C1. The molecule has 1 rings (SSSR count). The van der Waals surface area contributed by atoms with Gasteiger partial charge in [0.05, 0.1) is 6.54 Å². The number of nitrogens with one attached hydrogen (secondary N) is 1. The summed E-state index contributed by atoms with van der Waals surface area (Å²) in [5.74, 6) is 0. The van der Waals surface area contributed by atoms with Crippen molar-refractivity contribution in [3.8, 4) is 0 Å². The van der Waals surface area contributed by atoms with Crippen LogP contribution in [0, 0.1) is 0 Å². The maximum atomic E-state index is 4.33. The normalized spacial score (nSPS) is 29.1. The molecule has 0 spiro atoms. The Morgan fingerprint density at radius 2 is 2.44 bits per heavy atom. The van der Waals surface area contributed by atoms with Crippen molar-refractivity contribution >= 4 is 5.71 Å². The zero-order chi connectivity index (χ0) is 6.69. The van der Waals surface area contributed by atoms with Crippen LogP contribution in [0.5, 0.6) is 0 Å². The van der Waals surface area contributed by atoms with Gasteiger partial charge in [0.2, 0.25) is 0 Å². The van der Waals surface area contributed by atoms with Crippen molar-refractivity contribution < 1.29 is 0 Å². The maximum Gasteiger partial charge on any atom is 0.0513 e. The van der Waals surface area contributed by atoms with E-state index in [4.69, 9.17) is 0 Å². The second-order valence-corrected chi connectivity index (χ2v) is 2.68. The van der Waals surface area contributed by atoms with Gasteiger partial charge in [-0.1, -0.05) is 0 Å². The number of hydrogen-bond acceptors (Lipinski definition) is 2. The molecular weight excluding hydrogens is 112 g/mol. The van der Waals surface area contributed by atoms with Gasteiger partial charge in [-0.05, 0) is 13.8 Å². The predicted molar refractivity (Wildman–Crippen MR) is 40.1 cm³/mol. The summed E-state index contributed by atoms with van der Waals surface area (Å²) in [6.07, 6.45) is 1.11. The van der Waals surface area contributed by atoms with Crippen LogP contribution in [-0.4, -0.2) is 24.8 Å². The van der Waals surface area contributed by atoms with Crippen molar-refractivity contribution in [2.75, 3.05) is 13.1 Å². The summed E-state index contributed by atoms with van der Waals surface area (Å²) in [6.45, 7) is 6.29. The van der Waals surface area contributed by atoms with Gasteiger partial charge in [0.25, 0.3) is 0 Å². The summed E-state index contributed by atoms with van der Waals surface area (Å²) in [7, 11) is 0. The Labute approximate surface area is 56.4 Å². The highest BCUT2D eigenvalue weighted by atomic mass is 14.9. The predicted octanol–water partition coefficient (Wildman–Crippen LogP) is 0.829. The van der Waals surface area contributed by atoms with Crippen LogP contribution in [0.15, 0.2) is 4.99 Å². The summed E-state index contributed by atoms with van der Waals surface area (Å²) in [4.78, 5) is 4.33. The lowest BCUT2D eigenvalue weighted by atomic mass is 10.2. The Kier molecular flexibility index (Phi) is 2.22. The average Bonchev–Trinajstić information content (AvgIpc) is 1.93. The van der Waals surface area contributed by atoms with Gasteiger partial charge in [-0.25, -0.2) is 0 Å². The highest BCUT2D eigenvalue weighted by Gasteiger charge is 2.04. The Morgan fingerprint density at radius 1 is 1.67 bits per heavy atom. The molecule has 0 saturated heterocycles. The first-order valence-corrected chi connectivity index (χ1v) is 3.52. The van der Waals surface area contributed by atoms with Crippen molar-refractivity contribution in [2.24, 2.45) is 4.99 Å². The molecule has 0 radical (unpaired) electrons. The molecule has 1 N–H and O–H groups in total. The van der Waals surface area contributed by atoms with E-state index in [2.05, 4.69) is 24.2 Å². The molecule has 0 unspecified atom stereocenters. The molecule has 0 aromatic rings. The van der Waals surface area contributed by atoms with Crippen LogP contribution in [-0.2, 0) is 0 Å². The Bertz CT molecular complexity index is 118. The van der Waals surface area contributed by atoms with Crippen LogP contribution in [0.3, 0.4) is 0 Å². The molecule has 1 heterocycles. The second-order valence-electron chi connectivity index (χ2n) is 2.68. The van der Waals surface area contributed by atoms with E-state index in [0.717, 1.165) is 19.5 Å². The van der Waals surface area contributed by atoms with E-state index >= 15 is 0 Å². The van der Waals surface area contributed by atoms with E-state index in [9.17, 15) is 0 Å². The van der Waals surface area contributed by atoms with Crippen molar-refractivity contribution in [3.63, 3.8) is 0 Å². The minimum absolute atomic E-state index is 0.622. The summed E-state index contributed by atoms with van der Waals surface area (Å²) in [6, 6.07) is 0.622.